The van der Waals surface area contributed by atoms with Crippen molar-refractivity contribution in [2.24, 2.45) is 0 Å². The molecule has 3 rings (SSSR count). The zero-order valence-corrected chi connectivity index (χ0v) is 16.2. The Labute approximate surface area is 157 Å². The average Bonchev–Trinajstić information content (AvgIpc) is 3.03. The number of fused-ring (bicyclic) bond motifs is 1. The summed E-state index contributed by atoms with van der Waals surface area (Å²) in [5.41, 5.74) is 2.02. The smallest absolute Gasteiger partial charge is 0.227 e. The Morgan fingerprint density at radius 1 is 1.12 bits per heavy atom. The van der Waals surface area contributed by atoms with E-state index in [1.54, 1.807) is 18.2 Å². The molecule has 1 heterocycles. The lowest BCUT2D eigenvalue weighted by Gasteiger charge is -2.05. The van der Waals surface area contributed by atoms with Crippen LogP contribution in [0.5, 0.6) is 0 Å². The molecule has 0 unspecified atom stereocenters. The number of anilines is 1. The van der Waals surface area contributed by atoms with Crippen LogP contribution in [0.2, 0.25) is 0 Å². The van der Waals surface area contributed by atoms with Gasteiger partial charge >= 0.3 is 0 Å². The Kier molecular flexibility index (Phi) is 5.38. The van der Waals surface area contributed by atoms with Crippen molar-refractivity contribution in [3.05, 3.63) is 54.1 Å². The molecule has 26 heavy (non-hydrogen) atoms. The summed E-state index contributed by atoms with van der Waals surface area (Å²) in [5, 5.41) is 3.22. The molecule has 0 radical (unpaired) electrons. The topological polar surface area (TPSA) is 76.1 Å². The van der Waals surface area contributed by atoms with Crippen molar-refractivity contribution in [2.45, 2.75) is 31.1 Å². The van der Waals surface area contributed by atoms with Crippen molar-refractivity contribution in [1.82, 2.24) is 4.98 Å². The zero-order chi connectivity index (χ0) is 18.7. The minimum absolute atomic E-state index is 0.107. The summed E-state index contributed by atoms with van der Waals surface area (Å²) in [5.74, 6) is -0.250. The zero-order valence-electron chi connectivity index (χ0n) is 14.6. The van der Waals surface area contributed by atoms with Crippen LogP contribution in [0.4, 0.5) is 5.13 Å². The van der Waals surface area contributed by atoms with Crippen LogP contribution in [0.15, 0.2) is 53.4 Å². The summed E-state index contributed by atoms with van der Waals surface area (Å²) in [6.07, 6.45) is -0.107. The standard InChI is InChI=1S/C19H20N2O3S2/c1-13(2)15-9-6-10-16-18(15)21-19(25-16)20-17(22)11-12-26(23,24)14-7-4-3-5-8-14/h3-10,13H,11-12H2,1-2H3,(H,20,21,22). The van der Waals surface area contributed by atoms with Crippen molar-refractivity contribution < 1.29 is 13.2 Å². The van der Waals surface area contributed by atoms with Crippen LogP contribution in [-0.2, 0) is 14.6 Å². The lowest BCUT2D eigenvalue weighted by molar-refractivity contribution is -0.115. The molecule has 136 valence electrons. The minimum Gasteiger partial charge on any atom is -0.302 e. The van der Waals surface area contributed by atoms with E-state index in [0.717, 1.165) is 15.8 Å². The molecule has 0 aliphatic rings. The highest BCUT2D eigenvalue weighted by molar-refractivity contribution is 7.91. The van der Waals surface area contributed by atoms with Crippen LogP contribution in [0.1, 0.15) is 31.7 Å². The third kappa shape index (κ3) is 4.11. The molecule has 0 aliphatic carbocycles. The van der Waals surface area contributed by atoms with E-state index in [1.165, 1.54) is 23.5 Å². The second-order valence-corrected chi connectivity index (χ2v) is 9.44. The first kappa shape index (κ1) is 18.5. The van der Waals surface area contributed by atoms with Gasteiger partial charge in [0.05, 0.1) is 20.9 Å². The van der Waals surface area contributed by atoms with E-state index in [4.69, 9.17) is 0 Å². The van der Waals surface area contributed by atoms with Gasteiger partial charge in [0.25, 0.3) is 0 Å². The number of sulfone groups is 1. The van der Waals surface area contributed by atoms with E-state index >= 15 is 0 Å². The number of carbonyl (C=O) groups is 1. The van der Waals surface area contributed by atoms with Crippen molar-refractivity contribution in [2.75, 3.05) is 11.1 Å². The molecule has 0 fully saturated rings. The van der Waals surface area contributed by atoms with Crippen LogP contribution < -0.4 is 5.32 Å². The monoisotopic (exact) mass is 388 g/mol. The van der Waals surface area contributed by atoms with Gasteiger partial charge in [-0.1, -0.05) is 55.5 Å². The Morgan fingerprint density at radius 3 is 2.54 bits per heavy atom. The number of rotatable bonds is 6. The minimum atomic E-state index is -3.47. The number of aromatic nitrogens is 1. The van der Waals surface area contributed by atoms with Gasteiger partial charge in [-0.15, -0.1) is 0 Å². The Morgan fingerprint density at radius 2 is 1.85 bits per heavy atom. The third-order valence-electron chi connectivity index (χ3n) is 4.02. The van der Waals surface area contributed by atoms with E-state index in [9.17, 15) is 13.2 Å². The number of para-hydroxylation sites is 1. The number of nitrogens with zero attached hydrogens (tertiary/aromatic N) is 1. The number of thiazole rings is 1. The second-order valence-electron chi connectivity index (χ2n) is 6.30. The largest absolute Gasteiger partial charge is 0.302 e. The maximum absolute atomic E-state index is 12.3. The first-order chi connectivity index (χ1) is 12.4. The number of carbonyl (C=O) groups excluding carboxylic acids is 1. The van der Waals surface area contributed by atoms with Crippen LogP contribution in [0, 0.1) is 0 Å². The van der Waals surface area contributed by atoms with Crippen molar-refractivity contribution >= 4 is 42.4 Å². The molecule has 0 saturated carbocycles. The normalized spacial score (nSPS) is 11.8. The van der Waals surface area contributed by atoms with Crippen LogP contribution >= 0.6 is 11.3 Å². The van der Waals surface area contributed by atoms with E-state index in [2.05, 4.69) is 24.1 Å². The molecule has 0 spiro atoms. The fourth-order valence-corrected chi connectivity index (χ4v) is 4.82. The first-order valence-electron chi connectivity index (χ1n) is 8.34. The number of benzene rings is 2. The fourth-order valence-electron chi connectivity index (χ4n) is 2.64. The fraction of sp³-hybridized carbons (Fsp3) is 0.263. The third-order valence-corrected chi connectivity index (χ3v) is 6.69. The molecule has 0 bridgehead atoms. The number of hydrogen-bond acceptors (Lipinski definition) is 5. The van der Waals surface area contributed by atoms with Crippen LogP contribution in [-0.4, -0.2) is 25.1 Å². The molecular formula is C19H20N2O3S2. The van der Waals surface area contributed by atoms with Gasteiger partial charge in [-0.25, -0.2) is 13.4 Å². The van der Waals surface area contributed by atoms with Gasteiger partial charge in [0, 0.05) is 6.42 Å². The summed E-state index contributed by atoms with van der Waals surface area (Å²) in [7, 11) is -3.47. The molecule has 2 aromatic carbocycles. The Balaban J connectivity index is 1.69. The van der Waals surface area contributed by atoms with Gasteiger partial charge in [-0.05, 0) is 29.7 Å². The van der Waals surface area contributed by atoms with E-state index in [0.29, 0.717) is 11.0 Å². The van der Waals surface area contributed by atoms with E-state index < -0.39 is 9.84 Å². The van der Waals surface area contributed by atoms with E-state index in [1.807, 2.05) is 18.2 Å². The average molecular weight is 389 g/mol. The Hall–Kier alpha value is -2.25. The van der Waals surface area contributed by atoms with Gasteiger partial charge < -0.3 is 5.32 Å². The number of hydrogen-bond donors (Lipinski definition) is 1. The molecule has 1 N–H and O–H groups in total. The molecule has 5 nitrogen and oxygen atoms in total. The molecule has 1 amide bonds. The summed E-state index contributed by atoms with van der Waals surface area (Å²) in [6, 6.07) is 14.1. The second kappa shape index (κ2) is 7.55. The number of nitrogens with one attached hydrogen (secondary N) is 1. The maximum atomic E-state index is 12.3. The molecule has 0 saturated heterocycles. The lowest BCUT2D eigenvalue weighted by Crippen LogP contribution is -2.17. The van der Waals surface area contributed by atoms with Gasteiger partial charge in [-0.3, -0.25) is 4.79 Å². The maximum Gasteiger partial charge on any atom is 0.227 e. The molecule has 0 atom stereocenters. The first-order valence-corrected chi connectivity index (χ1v) is 10.8. The highest BCUT2D eigenvalue weighted by Gasteiger charge is 2.17. The predicted octanol–water partition coefficient (Wildman–Crippen LogP) is 4.22. The highest BCUT2D eigenvalue weighted by atomic mass is 32.2. The van der Waals surface area contributed by atoms with Crippen LogP contribution in [0.25, 0.3) is 10.2 Å². The van der Waals surface area contributed by atoms with Gasteiger partial charge in [0.2, 0.25) is 5.91 Å². The predicted molar refractivity (Wildman–Crippen MR) is 105 cm³/mol. The van der Waals surface area contributed by atoms with Crippen molar-refractivity contribution in [3.8, 4) is 0 Å². The summed E-state index contributed by atoms with van der Waals surface area (Å²) >= 11 is 1.39. The molecule has 0 aliphatic heterocycles. The molecule has 7 heteroatoms. The van der Waals surface area contributed by atoms with E-state index in [-0.39, 0.29) is 23.0 Å². The van der Waals surface area contributed by atoms with Crippen LogP contribution in [0.3, 0.4) is 0 Å². The SMILES string of the molecule is CC(C)c1cccc2sc(NC(=O)CCS(=O)(=O)c3ccccc3)nc12. The summed E-state index contributed by atoms with van der Waals surface area (Å²) in [6.45, 7) is 4.20. The van der Waals surface area contributed by atoms with Crippen molar-refractivity contribution in [3.63, 3.8) is 0 Å². The van der Waals surface area contributed by atoms with Crippen molar-refractivity contribution in [1.29, 1.82) is 0 Å². The number of amides is 1. The molecule has 3 aromatic rings. The quantitative estimate of drug-likeness (QED) is 0.686. The van der Waals surface area contributed by atoms with Gasteiger partial charge in [0.15, 0.2) is 15.0 Å². The highest BCUT2D eigenvalue weighted by Crippen LogP contribution is 2.31. The van der Waals surface area contributed by atoms with Gasteiger partial charge in [-0.2, -0.15) is 0 Å². The molecular weight excluding hydrogens is 368 g/mol. The summed E-state index contributed by atoms with van der Waals surface area (Å²) < 4.78 is 25.5. The Bertz CT molecular complexity index is 1030. The lowest BCUT2D eigenvalue weighted by atomic mass is 10.0. The summed E-state index contributed by atoms with van der Waals surface area (Å²) in [4.78, 5) is 16.9. The van der Waals surface area contributed by atoms with Gasteiger partial charge in [0.1, 0.15) is 0 Å². The molecule has 1 aromatic heterocycles.